The maximum atomic E-state index is 12.8. The molecule has 1 heterocycles. The molecule has 0 unspecified atom stereocenters. The highest BCUT2D eigenvalue weighted by Gasteiger charge is 2.23. The van der Waals surface area contributed by atoms with Gasteiger partial charge >= 0.3 is 0 Å². The number of hydrogen-bond donors (Lipinski definition) is 1. The lowest BCUT2D eigenvalue weighted by Crippen LogP contribution is -2.24. The molecule has 0 atom stereocenters. The molecule has 0 bridgehead atoms. The Morgan fingerprint density at radius 1 is 1.03 bits per heavy atom. The molecule has 0 saturated heterocycles. The summed E-state index contributed by atoms with van der Waals surface area (Å²) in [5, 5.41) is 7.27. The van der Waals surface area contributed by atoms with Gasteiger partial charge in [0, 0.05) is 30.4 Å². The predicted molar refractivity (Wildman–Crippen MR) is 128 cm³/mol. The van der Waals surface area contributed by atoms with Gasteiger partial charge in [-0.15, -0.1) is 0 Å². The fourth-order valence-electron chi connectivity index (χ4n) is 4.32. The number of hydrogen-bond acceptors (Lipinski definition) is 3. The van der Waals surface area contributed by atoms with Gasteiger partial charge in [-0.2, -0.15) is 5.10 Å². The van der Waals surface area contributed by atoms with Crippen molar-refractivity contribution in [3.63, 3.8) is 0 Å². The van der Waals surface area contributed by atoms with Gasteiger partial charge in [0.05, 0.1) is 11.8 Å². The molecule has 5 nitrogen and oxygen atoms in total. The Morgan fingerprint density at radius 2 is 1.85 bits per heavy atom. The summed E-state index contributed by atoms with van der Waals surface area (Å²) in [6.07, 6.45) is 12.0. The summed E-state index contributed by atoms with van der Waals surface area (Å²) in [5.74, 6) is -0.137. The molecule has 33 heavy (non-hydrogen) atoms. The van der Waals surface area contributed by atoms with Gasteiger partial charge in [-0.3, -0.25) is 14.3 Å². The molecular weight excluding hydrogens is 410 g/mol. The maximum Gasteiger partial charge on any atom is 0.258 e. The molecule has 1 N–H and O–H groups in total. The number of ketones is 1. The normalized spacial score (nSPS) is 14.9. The van der Waals surface area contributed by atoms with Crippen LogP contribution >= 0.6 is 0 Å². The van der Waals surface area contributed by atoms with Gasteiger partial charge in [0.15, 0.2) is 5.78 Å². The maximum absolute atomic E-state index is 12.8. The zero-order chi connectivity index (χ0) is 22.6. The molecule has 0 spiro atoms. The minimum atomic E-state index is -0.218. The Kier molecular flexibility index (Phi) is 5.85. The van der Waals surface area contributed by atoms with Crippen LogP contribution in [0, 0.1) is 0 Å². The molecule has 0 fully saturated rings. The van der Waals surface area contributed by atoms with E-state index in [4.69, 9.17) is 0 Å². The molecule has 2 aliphatic carbocycles. The number of benzene rings is 2. The molecule has 5 heteroatoms. The van der Waals surface area contributed by atoms with Crippen molar-refractivity contribution in [3.8, 4) is 0 Å². The van der Waals surface area contributed by atoms with Crippen molar-refractivity contribution in [1.29, 1.82) is 0 Å². The molecule has 5 rings (SSSR count). The Balaban J connectivity index is 1.21. The third-order valence-corrected chi connectivity index (χ3v) is 6.07. The number of aromatic nitrogens is 2. The number of fused-ring (bicyclic) bond motifs is 1. The van der Waals surface area contributed by atoms with Crippen molar-refractivity contribution in [2.24, 2.45) is 0 Å². The summed E-state index contributed by atoms with van der Waals surface area (Å²) >= 11 is 0. The van der Waals surface area contributed by atoms with Gasteiger partial charge in [-0.25, -0.2) is 0 Å². The zero-order valence-electron chi connectivity index (χ0n) is 18.3. The van der Waals surface area contributed by atoms with Crippen LogP contribution in [0.15, 0.2) is 96.0 Å². The quantitative estimate of drug-likeness (QED) is 0.587. The van der Waals surface area contributed by atoms with Crippen LogP contribution in [0.3, 0.4) is 0 Å². The Bertz CT molecular complexity index is 1300. The monoisotopic (exact) mass is 435 g/mol. The van der Waals surface area contributed by atoms with E-state index in [-0.39, 0.29) is 18.1 Å². The average Bonchev–Trinajstić information content (AvgIpc) is 3.48. The number of allylic oxidation sites excluding steroid dienone is 4. The first-order valence-corrected chi connectivity index (χ1v) is 11.3. The first-order valence-electron chi connectivity index (χ1n) is 11.3. The second kappa shape index (κ2) is 9.25. The number of rotatable bonds is 7. The van der Waals surface area contributed by atoms with Gasteiger partial charge in [0.25, 0.3) is 5.91 Å². The summed E-state index contributed by atoms with van der Waals surface area (Å²) < 4.78 is 1.80. The van der Waals surface area contributed by atoms with Crippen molar-refractivity contribution < 1.29 is 9.59 Å². The highest BCUT2D eigenvalue weighted by molar-refractivity contribution is 6.04. The van der Waals surface area contributed by atoms with E-state index in [1.807, 2.05) is 30.3 Å². The van der Waals surface area contributed by atoms with Gasteiger partial charge < -0.3 is 5.32 Å². The summed E-state index contributed by atoms with van der Waals surface area (Å²) in [4.78, 5) is 25.3. The summed E-state index contributed by atoms with van der Waals surface area (Å²) in [7, 11) is 0. The van der Waals surface area contributed by atoms with E-state index in [1.54, 1.807) is 29.2 Å². The number of amides is 1. The lowest BCUT2D eigenvalue weighted by Gasteiger charge is -2.14. The van der Waals surface area contributed by atoms with E-state index in [1.165, 1.54) is 11.1 Å². The van der Waals surface area contributed by atoms with Crippen LogP contribution in [0.4, 0.5) is 0 Å². The number of carbonyl (C=O) groups is 2. The van der Waals surface area contributed by atoms with Gasteiger partial charge in [-0.1, -0.05) is 66.7 Å². The third kappa shape index (κ3) is 4.77. The van der Waals surface area contributed by atoms with Crippen LogP contribution in [0.1, 0.15) is 39.9 Å². The van der Waals surface area contributed by atoms with Gasteiger partial charge in [-0.05, 0) is 47.6 Å². The molecule has 2 aliphatic rings. The van der Waals surface area contributed by atoms with E-state index in [2.05, 4.69) is 40.8 Å². The van der Waals surface area contributed by atoms with Crippen LogP contribution in [0.5, 0.6) is 0 Å². The summed E-state index contributed by atoms with van der Waals surface area (Å²) in [6.45, 7) is 0.748. The van der Waals surface area contributed by atoms with E-state index in [9.17, 15) is 9.59 Å². The van der Waals surface area contributed by atoms with Crippen LogP contribution in [0.25, 0.3) is 6.08 Å². The third-order valence-electron chi connectivity index (χ3n) is 6.07. The van der Waals surface area contributed by atoms with Crippen molar-refractivity contribution in [2.45, 2.75) is 32.2 Å². The Morgan fingerprint density at radius 3 is 2.70 bits per heavy atom. The molecule has 3 aromatic rings. The smallest absolute Gasteiger partial charge is 0.258 e. The Labute approximate surface area is 193 Å². The molecule has 164 valence electrons. The molecule has 0 aliphatic heterocycles. The second-order valence-corrected chi connectivity index (χ2v) is 8.43. The fraction of sp³-hybridized carbons (Fsp3) is 0.179. The fourth-order valence-corrected chi connectivity index (χ4v) is 4.32. The van der Waals surface area contributed by atoms with Crippen LogP contribution in [-0.4, -0.2) is 21.5 Å². The van der Waals surface area contributed by atoms with Crippen molar-refractivity contribution in [1.82, 2.24) is 15.1 Å². The first kappa shape index (κ1) is 20.9. The lowest BCUT2D eigenvalue weighted by atomic mass is 9.93. The summed E-state index contributed by atoms with van der Waals surface area (Å²) in [6, 6.07) is 18.5. The second-order valence-electron chi connectivity index (χ2n) is 8.43. The van der Waals surface area contributed by atoms with E-state index < -0.39 is 0 Å². The van der Waals surface area contributed by atoms with Gasteiger partial charge in [0.2, 0.25) is 0 Å². The predicted octanol–water partition coefficient (Wildman–Crippen LogP) is 4.67. The van der Waals surface area contributed by atoms with Crippen LogP contribution < -0.4 is 5.32 Å². The first-order chi connectivity index (χ1) is 16.2. The number of carbonyl (C=O) groups excluding carboxylic acids is 2. The van der Waals surface area contributed by atoms with Gasteiger partial charge in [0.1, 0.15) is 0 Å². The average molecular weight is 436 g/mol. The molecular formula is C28H25N3O2. The van der Waals surface area contributed by atoms with Crippen LogP contribution in [0.2, 0.25) is 0 Å². The van der Waals surface area contributed by atoms with Crippen molar-refractivity contribution in [2.75, 3.05) is 0 Å². The minimum Gasteiger partial charge on any atom is -0.322 e. The largest absolute Gasteiger partial charge is 0.322 e. The molecule has 1 amide bonds. The van der Waals surface area contributed by atoms with Crippen molar-refractivity contribution in [3.05, 3.63) is 118 Å². The summed E-state index contributed by atoms with van der Waals surface area (Å²) in [5.41, 5.74) is 6.53. The molecule has 1 aromatic heterocycles. The standard InChI is InChI=1S/C28H25N3O2/c32-27-13-12-25(17-26(27)23-15-21-10-4-5-11-22(21)16-23)30-28(33)24-18-29-31(19-24)14-6-9-20-7-2-1-3-8-20/h1-5,7-8,10-12,15,17-19H,6,9,13-14,16H2,(H,30,33). The highest BCUT2D eigenvalue weighted by Crippen LogP contribution is 2.32. The van der Waals surface area contributed by atoms with E-state index in [0.717, 1.165) is 36.9 Å². The van der Waals surface area contributed by atoms with Crippen molar-refractivity contribution >= 4 is 17.8 Å². The molecule has 0 radical (unpaired) electrons. The van der Waals surface area contributed by atoms with Crippen LogP contribution in [-0.2, 0) is 24.2 Å². The number of nitrogens with one attached hydrogen (secondary N) is 1. The minimum absolute atomic E-state index is 0.0818. The number of aryl methyl sites for hydroxylation is 2. The topological polar surface area (TPSA) is 64.0 Å². The lowest BCUT2D eigenvalue weighted by molar-refractivity contribution is -0.114. The van der Waals surface area contributed by atoms with E-state index >= 15 is 0 Å². The zero-order valence-corrected chi connectivity index (χ0v) is 18.3. The number of Topliss-reactive ketones (excluding diaryl/α,β-unsaturated/α-hetero) is 1. The molecule has 2 aromatic carbocycles. The molecule has 0 saturated carbocycles. The highest BCUT2D eigenvalue weighted by atomic mass is 16.1. The SMILES string of the molecule is O=C1CC=C(NC(=O)c2cnn(CCCc3ccccc3)c2)C=C1C1=Cc2ccccc2C1. The number of nitrogens with zero attached hydrogens (tertiary/aromatic N) is 2. The Hall–Kier alpha value is -3.99. The van der Waals surface area contributed by atoms with E-state index in [0.29, 0.717) is 16.8 Å².